The molecule has 4 rings (SSSR count). The van der Waals surface area contributed by atoms with Crippen molar-refractivity contribution in [2.45, 2.75) is 99.7 Å². The molecule has 0 bridgehead atoms. The fraction of sp³-hybridized carbons (Fsp3) is 0.700. The Labute approximate surface area is 217 Å². The molecule has 198 valence electrons. The van der Waals surface area contributed by atoms with E-state index in [1.807, 2.05) is 0 Å². The number of nitrogens with zero attached hydrogens (tertiary/aromatic N) is 3. The summed E-state index contributed by atoms with van der Waals surface area (Å²) in [6.07, 6.45) is 2.14. The van der Waals surface area contributed by atoms with E-state index in [-0.39, 0.29) is 18.1 Å². The van der Waals surface area contributed by atoms with Gasteiger partial charge in [-0.2, -0.15) is 0 Å². The van der Waals surface area contributed by atoms with Crippen molar-refractivity contribution >= 4 is 17.7 Å². The molecule has 3 aliphatic rings. The maximum absolute atomic E-state index is 6.05. The van der Waals surface area contributed by atoms with E-state index in [2.05, 4.69) is 62.3 Å². The Balaban J connectivity index is 1.71. The van der Waals surface area contributed by atoms with Crippen LogP contribution in [0.2, 0.25) is 0 Å². The molecule has 0 N–H and O–H groups in total. The number of hydrogen-bond acceptors (Lipinski definition) is 6. The van der Waals surface area contributed by atoms with E-state index in [0.717, 1.165) is 17.7 Å². The SMILES string of the molecule is Cc1c(CC2=N[C@@H](C(C)C)CO2)c(C)c(CC2=N[C@@H](C(C)C)CO2)c(C)c1CC1=N[C@@H](C(C)C)CO1. The minimum absolute atomic E-state index is 0.244. The zero-order chi connectivity index (χ0) is 26.1. The number of ether oxygens (including phenoxy) is 3. The molecule has 3 atom stereocenters. The van der Waals surface area contributed by atoms with E-state index < -0.39 is 0 Å². The second-order valence-corrected chi connectivity index (χ2v) is 11.8. The van der Waals surface area contributed by atoms with Gasteiger partial charge >= 0.3 is 0 Å². The Bertz CT molecular complexity index is 913. The molecule has 6 heteroatoms. The zero-order valence-corrected chi connectivity index (χ0v) is 23.8. The number of benzene rings is 1. The molecule has 0 saturated carbocycles. The van der Waals surface area contributed by atoms with Gasteiger partial charge in [0, 0.05) is 19.3 Å². The van der Waals surface area contributed by atoms with Crippen LogP contribution in [0.1, 0.15) is 74.9 Å². The summed E-state index contributed by atoms with van der Waals surface area (Å²) in [6.45, 7) is 22.0. The van der Waals surface area contributed by atoms with E-state index in [0.29, 0.717) is 56.8 Å². The molecule has 0 amide bonds. The molecule has 0 fully saturated rings. The van der Waals surface area contributed by atoms with Gasteiger partial charge in [0.15, 0.2) is 17.7 Å². The molecule has 1 aromatic rings. The summed E-state index contributed by atoms with van der Waals surface area (Å²) in [6, 6.07) is 0.732. The first-order valence-corrected chi connectivity index (χ1v) is 13.7. The molecule has 0 aromatic heterocycles. The maximum atomic E-state index is 6.05. The van der Waals surface area contributed by atoms with E-state index in [1.165, 1.54) is 33.4 Å². The van der Waals surface area contributed by atoms with Crippen LogP contribution in [-0.4, -0.2) is 55.6 Å². The fourth-order valence-electron chi connectivity index (χ4n) is 5.28. The fourth-order valence-corrected chi connectivity index (χ4v) is 5.28. The van der Waals surface area contributed by atoms with Crippen LogP contribution in [0.3, 0.4) is 0 Å². The molecule has 1 aromatic carbocycles. The van der Waals surface area contributed by atoms with Crippen molar-refractivity contribution < 1.29 is 14.2 Å². The lowest BCUT2D eigenvalue weighted by molar-refractivity contribution is 0.287. The predicted molar refractivity (Wildman–Crippen MR) is 148 cm³/mol. The van der Waals surface area contributed by atoms with Crippen LogP contribution in [0.4, 0.5) is 0 Å². The minimum Gasteiger partial charge on any atom is -0.478 e. The van der Waals surface area contributed by atoms with Crippen LogP contribution in [0.15, 0.2) is 15.0 Å². The lowest BCUT2D eigenvalue weighted by atomic mass is 9.84. The molecule has 6 nitrogen and oxygen atoms in total. The Morgan fingerprint density at radius 1 is 0.528 bits per heavy atom. The number of aliphatic imine (C=N–C) groups is 3. The van der Waals surface area contributed by atoms with Crippen molar-refractivity contribution in [2.24, 2.45) is 32.7 Å². The maximum Gasteiger partial charge on any atom is 0.188 e. The van der Waals surface area contributed by atoms with Crippen LogP contribution >= 0.6 is 0 Å². The van der Waals surface area contributed by atoms with Crippen molar-refractivity contribution in [3.05, 3.63) is 33.4 Å². The van der Waals surface area contributed by atoms with Gasteiger partial charge in [0.1, 0.15) is 19.8 Å². The van der Waals surface area contributed by atoms with Gasteiger partial charge in [0.2, 0.25) is 0 Å². The van der Waals surface area contributed by atoms with Gasteiger partial charge in [-0.25, -0.2) is 15.0 Å². The number of hydrogen-bond donors (Lipinski definition) is 0. The highest BCUT2D eigenvalue weighted by Gasteiger charge is 2.29. The topological polar surface area (TPSA) is 64.8 Å². The van der Waals surface area contributed by atoms with Crippen LogP contribution in [-0.2, 0) is 33.5 Å². The molecule has 0 saturated heterocycles. The molecule has 0 spiro atoms. The van der Waals surface area contributed by atoms with Gasteiger partial charge in [0.25, 0.3) is 0 Å². The normalized spacial score (nSPS) is 23.7. The Hall–Kier alpha value is -2.37. The summed E-state index contributed by atoms with van der Waals surface area (Å²) < 4.78 is 18.2. The molecule has 3 aliphatic heterocycles. The first-order chi connectivity index (χ1) is 17.0. The third-order valence-corrected chi connectivity index (χ3v) is 8.20. The second kappa shape index (κ2) is 10.9. The third kappa shape index (κ3) is 5.63. The van der Waals surface area contributed by atoms with Crippen molar-refractivity contribution in [3.8, 4) is 0 Å². The number of rotatable bonds is 9. The lowest BCUT2D eigenvalue weighted by Crippen LogP contribution is -2.16. The van der Waals surface area contributed by atoms with Crippen LogP contribution < -0.4 is 0 Å². The Kier molecular flexibility index (Phi) is 8.11. The smallest absolute Gasteiger partial charge is 0.188 e. The van der Waals surface area contributed by atoms with Gasteiger partial charge in [-0.05, 0) is 71.9 Å². The first kappa shape index (κ1) is 26.7. The van der Waals surface area contributed by atoms with Crippen LogP contribution in [0, 0.1) is 38.5 Å². The average molecular weight is 496 g/mol. The standard InChI is InChI=1S/C30H45N3O3/c1-16(2)25-13-34-28(31-25)10-22-19(7)23(11-29-32-26(14-35-29)17(3)4)21(9)24(20(22)8)12-30-33-27(15-36-30)18(5)6/h16-18,25-27H,10-15H2,1-9H3/t25-,26-,27-/m1/s1. The van der Waals surface area contributed by atoms with Crippen molar-refractivity contribution in [1.82, 2.24) is 0 Å². The van der Waals surface area contributed by atoms with Gasteiger partial charge in [-0.1, -0.05) is 41.5 Å². The Morgan fingerprint density at radius 3 is 0.972 bits per heavy atom. The quantitative estimate of drug-likeness (QED) is 0.448. The second-order valence-electron chi connectivity index (χ2n) is 11.8. The molecule has 0 unspecified atom stereocenters. The highest BCUT2D eigenvalue weighted by Crippen LogP contribution is 2.32. The molecule has 36 heavy (non-hydrogen) atoms. The Morgan fingerprint density at radius 2 is 0.778 bits per heavy atom. The van der Waals surface area contributed by atoms with Gasteiger partial charge < -0.3 is 14.2 Å². The molecule has 0 aliphatic carbocycles. The summed E-state index contributed by atoms with van der Waals surface area (Å²) >= 11 is 0. The van der Waals surface area contributed by atoms with Gasteiger partial charge in [-0.3, -0.25) is 0 Å². The summed E-state index contributed by atoms with van der Waals surface area (Å²) in [7, 11) is 0. The first-order valence-electron chi connectivity index (χ1n) is 13.7. The summed E-state index contributed by atoms with van der Waals surface area (Å²) in [5.74, 6) is 3.99. The minimum atomic E-state index is 0.244. The summed E-state index contributed by atoms with van der Waals surface area (Å²) in [5.41, 5.74) is 7.77. The predicted octanol–water partition coefficient (Wildman–Crippen LogP) is 5.60. The van der Waals surface area contributed by atoms with Crippen LogP contribution in [0.5, 0.6) is 0 Å². The monoisotopic (exact) mass is 495 g/mol. The van der Waals surface area contributed by atoms with Crippen molar-refractivity contribution in [2.75, 3.05) is 19.8 Å². The van der Waals surface area contributed by atoms with E-state index >= 15 is 0 Å². The summed E-state index contributed by atoms with van der Waals surface area (Å²) in [5, 5.41) is 0. The van der Waals surface area contributed by atoms with Gasteiger partial charge in [0.05, 0.1) is 18.1 Å². The van der Waals surface area contributed by atoms with Crippen molar-refractivity contribution in [1.29, 1.82) is 0 Å². The third-order valence-electron chi connectivity index (χ3n) is 8.20. The molecular weight excluding hydrogens is 450 g/mol. The summed E-state index contributed by atoms with van der Waals surface area (Å²) in [4.78, 5) is 14.7. The van der Waals surface area contributed by atoms with Crippen molar-refractivity contribution in [3.63, 3.8) is 0 Å². The van der Waals surface area contributed by atoms with E-state index in [1.54, 1.807) is 0 Å². The van der Waals surface area contributed by atoms with Gasteiger partial charge in [-0.15, -0.1) is 0 Å². The largest absolute Gasteiger partial charge is 0.478 e. The molecule has 0 radical (unpaired) electrons. The lowest BCUT2D eigenvalue weighted by Gasteiger charge is -2.22. The van der Waals surface area contributed by atoms with Crippen LogP contribution in [0.25, 0.3) is 0 Å². The van der Waals surface area contributed by atoms with E-state index in [9.17, 15) is 0 Å². The molecular formula is C30H45N3O3. The average Bonchev–Trinajstić information content (AvgIpc) is 3.58. The van der Waals surface area contributed by atoms with E-state index in [4.69, 9.17) is 29.2 Å². The highest BCUT2D eigenvalue weighted by atomic mass is 16.5. The molecule has 3 heterocycles. The zero-order valence-electron chi connectivity index (χ0n) is 23.8. The highest BCUT2D eigenvalue weighted by molar-refractivity contribution is 5.85.